The van der Waals surface area contributed by atoms with E-state index < -0.39 is 0 Å². The summed E-state index contributed by atoms with van der Waals surface area (Å²) in [5.41, 5.74) is 6.71. The van der Waals surface area contributed by atoms with Crippen LogP contribution in [0.15, 0.2) is 34.7 Å². The van der Waals surface area contributed by atoms with Crippen LogP contribution >= 0.6 is 0 Å². The van der Waals surface area contributed by atoms with Gasteiger partial charge in [-0.15, -0.1) is 0 Å². The third-order valence-electron chi connectivity index (χ3n) is 2.80. The lowest BCUT2D eigenvalue weighted by molar-refractivity contribution is 0.412. The number of rotatable bonds is 5. The molecule has 1 atom stereocenters. The molecule has 1 aromatic heterocycles. The Balaban J connectivity index is 2.18. The minimum Gasteiger partial charge on any atom is -0.459 e. The minimum atomic E-state index is 0.102. The highest BCUT2D eigenvalue weighted by Gasteiger charge is 2.14. The molecule has 0 saturated heterocycles. The molecule has 0 aliphatic carbocycles. The zero-order chi connectivity index (χ0) is 12.3. The maximum absolute atomic E-state index is 5.81. The van der Waals surface area contributed by atoms with Crippen molar-refractivity contribution in [2.75, 3.05) is 13.1 Å². The highest BCUT2D eigenvalue weighted by molar-refractivity contribution is 5.77. The number of fused-ring (bicyclic) bond motifs is 1. The van der Waals surface area contributed by atoms with Crippen molar-refractivity contribution in [3.05, 3.63) is 36.1 Å². The molecule has 17 heavy (non-hydrogen) atoms. The van der Waals surface area contributed by atoms with Gasteiger partial charge in [-0.1, -0.05) is 32.0 Å². The van der Waals surface area contributed by atoms with Crippen LogP contribution in [0, 0.1) is 5.92 Å². The molecule has 92 valence electrons. The largest absolute Gasteiger partial charge is 0.459 e. The number of benzene rings is 1. The first-order valence-corrected chi connectivity index (χ1v) is 6.12. The predicted molar refractivity (Wildman–Crippen MR) is 70.9 cm³/mol. The Labute approximate surface area is 102 Å². The van der Waals surface area contributed by atoms with Gasteiger partial charge >= 0.3 is 0 Å². The molecular formula is C14H20N2O. The lowest BCUT2D eigenvalue weighted by Gasteiger charge is -2.15. The van der Waals surface area contributed by atoms with Crippen molar-refractivity contribution in [2.24, 2.45) is 11.7 Å². The molecule has 0 amide bonds. The molecule has 2 rings (SSSR count). The quantitative estimate of drug-likeness (QED) is 0.833. The summed E-state index contributed by atoms with van der Waals surface area (Å²) in [5, 5.41) is 4.56. The van der Waals surface area contributed by atoms with Crippen molar-refractivity contribution in [3.63, 3.8) is 0 Å². The Morgan fingerprint density at radius 2 is 2.06 bits per heavy atom. The van der Waals surface area contributed by atoms with E-state index in [9.17, 15) is 0 Å². The fourth-order valence-electron chi connectivity index (χ4n) is 1.85. The topological polar surface area (TPSA) is 51.2 Å². The van der Waals surface area contributed by atoms with E-state index in [1.807, 2.05) is 18.2 Å². The van der Waals surface area contributed by atoms with Crippen LogP contribution in [-0.2, 0) is 0 Å². The van der Waals surface area contributed by atoms with E-state index in [0.29, 0.717) is 12.5 Å². The Morgan fingerprint density at radius 3 is 2.71 bits per heavy atom. The third-order valence-corrected chi connectivity index (χ3v) is 2.80. The van der Waals surface area contributed by atoms with E-state index in [1.54, 1.807) is 0 Å². The van der Waals surface area contributed by atoms with Crippen molar-refractivity contribution in [3.8, 4) is 0 Å². The Bertz CT molecular complexity index is 443. The van der Waals surface area contributed by atoms with Crippen molar-refractivity contribution in [1.82, 2.24) is 5.32 Å². The third kappa shape index (κ3) is 2.87. The minimum absolute atomic E-state index is 0.102. The molecule has 0 bridgehead atoms. The molecule has 3 N–H and O–H groups in total. The fourth-order valence-corrected chi connectivity index (χ4v) is 1.85. The Kier molecular flexibility index (Phi) is 3.82. The van der Waals surface area contributed by atoms with Crippen LogP contribution in [-0.4, -0.2) is 13.1 Å². The summed E-state index contributed by atoms with van der Waals surface area (Å²) in [4.78, 5) is 0. The van der Waals surface area contributed by atoms with Crippen molar-refractivity contribution in [2.45, 2.75) is 19.9 Å². The fraction of sp³-hybridized carbons (Fsp3) is 0.429. The van der Waals surface area contributed by atoms with Crippen molar-refractivity contribution in [1.29, 1.82) is 0 Å². The van der Waals surface area contributed by atoms with Crippen LogP contribution in [0.4, 0.5) is 0 Å². The number of nitrogens with one attached hydrogen (secondary N) is 1. The van der Waals surface area contributed by atoms with Crippen LogP contribution in [0.3, 0.4) is 0 Å². The average molecular weight is 232 g/mol. The van der Waals surface area contributed by atoms with E-state index >= 15 is 0 Å². The van der Waals surface area contributed by atoms with Gasteiger partial charge in [0.1, 0.15) is 11.3 Å². The van der Waals surface area contributed by atoms with E-state index in [-0.39, 0.29) is 6.04 Å². The number of nitrogens with two attached hydrogens (primary N) is 1. The average Bonchev–Trinajstić information content (AvgIpc) is 2.72. The van der Waals surface area contributed by atoms with Gasteiger partial charge in [-0.3, -0.25) is 0 Å². The van der Waals surface area contributed by atoms with Crippen molar-refractivity contribution >= 4 is 11.0 Å². The summed E-state index contributed by atoms with van der Waals surface area (Å²) in [5.74, 6) is 1.53. The summed E-state index contributed by atoms with van der Waals surface area (Å²) in [6.07, 6.45) is 0. The Morgan fingerprint density at radius 1 is 1.29 bits per heavy atom. The highest BCUT2D eigenvalue weighted by atomic mass is 16.3. The van der Waals surface area contributed by atoms with Gasteiger partial charge in [0.25, 0.3) is 0 Å². The maximum Gasteiger partial charge on any atom is 0.134 e. The van der Waals surface area contributed by atoms with Crippen LogP contribution in [0.2, 0.25) is 0 Å². The molecule has 1 heterocycles. The molecule has 0 spiro atoms. The molecule has 1 aromatic carbocycles. The number of furan rings is 1. The molecule has 0 fully saturated rings. The van der Waals surface area contributed by atoms with E-state index in [2.05, 4.69) is 31.3 Å². The summed E-state index contributed by atoms with van der Waals surface area (Å²) in [6.45, 7) is 5.85. The maximum atomic E-state index is 5.81. The first-order valence-electron chi connectivity index (χ1n) is 6.12. The molecule has 3 nitrogen and oxygen atoms in total. The van der Waals surface area contributed by atoms with E-state index in [4.69, 9.17) is 10.2 Å². The number of hydrogen-bond donors (Lipinski definition) is 2. The van der Waals surface area contributed by atoms with Gasteiger partial charge < -0.3 is 15.5 Å². The van der Waals surface area contributed by atoms with Crippen LogP contribution in [0.25, 0.3) is 11.0 Å². The summed E-state index contributed by atoms with van der Waals surface area (Å²) in [7, 11) is 0. The monoisotopic (exact) mass is 232 g/mol. The second kappa shape index (κ2) is 5.34. The SMILES string of the molecule is CC(C)CNC(CN)c1cc2ccccc2o1. The molecule has 0 saturated carbocycles. The molecule has 3 heteroatoms. The van der Waals surface area contributed by atoms with Crippen LogP contribution in [0.5, 0.6) is 0 Å². The van der Waals surface area contributed by atoms with Gasteiger partial charge in [-0.05, 0) is 24.6 Å². The van der Waals surface area contributed by atoms with Crippen LogP contribution < -0.4 is 11.1 Å². The van der Waals surface area contributed by atoms with Gasteiger partial charge in [-0.25, -0.2) is 0 Å². The van der Waals surface area contributed by atoms with Crippen molar-refractivity contribution < 1.29 is 4.42 Å². The second-order valence-corrected chi connectivity index (χ2v) is 4.78. The zero-order valence-electron chi connectivity index (χ0n) is 10.4. The lowest BCUT2D eigenvalue weighted by atomic mass is 10.1. The van der Waals surface area contributed by atoms with E-state index in [0.717, 1.165) is 23.3 Å². The van der Waals surface area contributed by atoms with Gasteiger partial charge in [0.15, 0.2) is 0 Å². The first kappa shape index (κ1) is 12.1. The normalized spacial score (nSPS) is 13.4. The number of hydrogen-bond acceptors (Lipinski definition) is 3. The molecule has 2 aromatic rings. The first-order chi connectivity index (χ1) is 8.20. The molecule has 0 aliphatic heterocycles. The van der Waals surface area contributed by atoms with Gasteiger partial charge in [0.05, 0.1) is 6.04 Å². The Hall–Kier alpha value is -1.32. The van der Waals surface area contributed by atoms with Crippen LogP contribution in [0.1, 0.15) is 25.6 Å². The standard InChI is InChI=1S/C14H20N2O/c1-10(2)9-16-12(8-15)14-7-11-5-3-4-6-13(11)17-14/h3-7,10,12,16H,8-9,15H2,1-2H3. The predicted octanol–water partition coefficient (Wildman–Crippen LogP) is 2.68. The summed E-state index contributed by atoms with van der Waals surface area (Å²) >= 11 is 0. The number of para-hydroxylation sites is 1. The smallest absolute Gasteiger partial charge is 0.134 e. The molecule has 0 aliphatic rings. The van der Waals surface area contributed by atoms with E-state index in [1.165, 1.54) is 0 Å². The summed E-state index contributed by atoms with van der Waals surface area (Å²) < 4.78 is 5.81. The highest BCUT2D eigenvalue weighted by Crippen LogP contribution is 2.23. The second-order valence-electron chi connectivity index (χ2n) is 4.78. The molecule has 0 radical (unpaired) electrons. The lowest BCUT2D eigenvalue weighted by Crippen LogP contribution is -2.30. The van der Waals surface area contributed by atoms with Gasteiger partial charge in [-0.2, -0.15) is 0 Å². The van der Waals surface area contributed by atoms with Gasteiger partial charge in [0.2, 0.25) is 0 Å². The molecular weight excluding hydrogens is 212 g/mol. The molecule has 1 unspecified atom stereocenters. The summed E-state index contributed by atoms with van der Waals surface area (Å²) in [6, 6.07) is 10.2. The zero-order valence-corrected chi connectivity index (χ0v) is 10.4. The van der Waals surface area contributed by atoms with Gasteiger partial charge in [0, 0.05) is 11.9 Å².